The van der Waals surface area contributed by atoms with Crippen molar-refractivity contribution >= 4 is 29.5 Å². The molecule has 11 nitrogen and oxygen atoms in total. The van der Waals surface area contributed by atoms with Crippen LogP contribution in [0.4, 0.5) is 10.5 Å². The molecule has 0 saturated carbocycles. The van der Waals surface area contributed by atoms with Crippen LogP contribution in [-0.4, -0.2) is 59.6 Å². The van der Waals surface area contributed by atoms with Gasteiger partial charge in [0.1, 0.15) is 29.2 Å². The first-order chi connectivity index (χ1) is 17.3. The van der Waals surface area contributed by atoms with Gasteiger partial charge in [-0.25, -0.2) is 4.79 Å². The van der Waals surface area contributed by atoms with Gasteiger partial charge < -0.3 is 35.8 Å². The highest BCUT2D eigenvalue weighted by Gasteiger charge is 2.35. The highest BCUT2D eigenvalue weighted by atomic mass is 16.6. The van der Waals surface area contributed by atoms with E-state index in [1.54, 1.807) is 57.2 Å². The van der Waals surface area contributed by atoms with E-state index in [4.69, 9.17) is 15.2 Å². The third-order valence-corrected chi connectivity index (χ3v) is 5.24. The number of primary amides is 1. The molecule has 5 N–H and O–H groups in total. The molecule has 0 bridgehead atoms. The Morgan fingerprint density at radius 2 is 1.68 bits per heavy atom. The quantitative estimate of drug-likeness (QED) is 0.379. The van der Waals surface area contributed by atoms with Crippen LogP contribution in [0.1, 0.15) is 45.2 Å². The van der Waals surface area contributed by atoms with Crippen LogP contribution in [0.2, 0.25) is 0 Å². The standard InChI is InChI=1S/C26H34N4O7/c1-26(2,3)37-25(35)29-19(14-15-21(27)32)24(34)30(4)22(18-8-6-7-9-20(18)31)23(33)28-16-10-12-17(36-5)13-11-16/h6-13,19,22,31H,14-15H2,1-5H3,(H2,27,32)(H,28,33)(H,29,35). The first-order valence-electron chi connectivity index (χ1n) is 11.6. The normalized spacial score (nSPS) is 12.6. The summed E-state index contributed by atoms with van der Waals surface area (Å²) in [6.45, 7) is 4.99. The number of carbonyl (C=O) groups excluding carboxylic acids is 4. The molecule has 2 rings (SSSR count). The van der Waals surface area contributed by atoms with Crippen molar-refractivity contribution in [1.29, 1.82) is 0 Å². The number of likely N-dealkylation sites (N-methyl/N-ethyl adjacent to an activating group) is 1. The van der Waals surface area contributed by atoms with Crippen LogP contribution in [0.3, 0.4) is 0 Å². The fourth-order valence-electron chi connectivity index (χ4n) is 3.50. The monoisotopic (exact) mass is 514 g/mol. The van der Waals surface area contributed by atoms with E-state index in [-0.39, 0.29) is 24.2 Å². The zero-order valence-electron chi connectivity index (χ0n) is 21.6. The van der Waals surface area contributed by atoms with Crippen LogP contribution in [-0.2, 0) is 19.1 Å². The molecular formula is C26H34N4O7. The number of hydrogen-bond donors (Lipinski definition) is 4. The van der Waals surface area contributed by atoms with Crippen molar-refractivity contribution in [2.24, 2.45) is 5.73 Å². The Hall–Kier alpha value is -4.28. The Morgan fingerprint density at radius 3 is 2.22 bits per heavy atom. The number of benzene rings is 2. The van der Waals surface area contributed by atoms with Gasteiger partial charge in [0.25, 0.3) is 5.91 Å². The van der Waals surface area contributed by atoms with Crippen LogP contribution < -0.4 is 21.1 Å². The molecule has 37 heavy (non-hydrogen) atoms. The van der Waals surface area contributed by atoms with E-state index in [0.29, 0.717) is 11.4 Å². The van der Waals surface area contributed by atoms with E-state index in [2.05, 4.69) is 10.6 Å². The van der Waals surface area contributed by atoms with E-state index < -0.39 is 41.5 Å². The maximum Gasteiger partial charge on any atom is 0.408 e. The number of carbonyl (C=O) groups is 4. The summed E-state index contributed by atoms with van der Waals surface area (Å²) >= 11 is 0. The van der Waals surface area contributed by atoms with Crippen molar-refractivity contribution in [1.82, 2.24) is 10.2 Å². The smallest absolute Gasteiger partial charge is 0.408 e. The first-order valence-corrected chi connectivity index (χ1v) is 11.6. The number of methoxy groups -OCH3 is 1. The molecule has 2 aromatic carbocycles. The number of anilines is 1. The summed E-state index contributed by atoms with van der Waals surface area (Å²) in [7, 11) is 2.88. The van der Waals surface area contributed by atoms with Gasteiger partial charge in [-0.1, -0.05) is 18.2 Å². The molecule has 0 heterocycles. The lowest BCUT2D eigenvalue weighted by Gasteiger charge is -2.31. The zero-order chi connectivity index (χ0) is 27.8. The minimum atomic E-state index is -1.28. The van der Waals surface area contributed by atoms with E-state index in [0.717, 1.165) is 4.90 Å². The second kappa shape index (κ2) is 12.6. The van der Waals surface area contributed by atoms with Crippen LogP contribution in [0, 0.1) is 0 Å². The number of rotatable bonds is 10. The summed E-state index contributed by atoms with van der Waals surface area (Å²) in [6, 6.07) is 10.2. The largest absolute Gasteiger partial charge is 0.508 e. The summed E-state index contributed by atoms with van der Waals surface area (Å²) in [4.78, 5) is 51.9. The second-order valence-electron chi connectivity index (χ2n) is 9.33. The average Bonchev–Trinajstić information content (AvgIpc) is 2.81. The molecule has 0 aliphatic carbocycles. The summed E-state index contributed by atoms with van der Waals surface area (Å²) in [5.41, 5.74) is 5.03. The average molecular weight is 515 g/mol. The third-order valence-electron chi connectivity index (χ3n) is 5.24. The summed E-state index contributed by atoms with van der Waals surface area (Å²) in [6.07, 6.45) is -1.18. The molecule has 0 saturated heterocycles. The maximum absolute atomic E-state index is 13.5. The number of phenols is 1. The number of nitrogens with one attached hydrogen (secondary N) is 2. The molecule has 0 radical (unpaired) electrons. The number of nitrogens with two attached hydrogens (primary N) is 1. The fraction of sp³-hybridized carbons (Fsp3) is 0.385. The van der Waals surface area contributed by atoms with Gasteiger partial charge >= 0.3 is 6.09 Å². The lowest BCUT2D eigenvalue weighted by molar-refractivity contribution is -0.139. The van der Waals surface area contributed by atoms with Gasteiger partial charge in [0.2, 0.25) is 11.8 Å². The van der Waals surface area contributed by atoms with Crippen molar-refractivity contribution in [3.63, 3.8) is 0 Å². The predicted octanol–water partition coefficient (Wildman–Crippen LogP) is 2.70. The van der Waals surface area contributed by atoms with E-state index in [9.17, 15) is 24.3 Å². The Kier molecular flexibility index (Phi) is 9.87. The molecule has 0 fully saturated rings. The van der Waals surface area contributed by atoms with Crippen LogP contribution in [0.15, 0.2) is 48.5 Å². The molecule has 0 aliphatic rings. The van der Waals surface area contributed by atoms with Gasteiger partial charge in [0.05, 0.1) is 7.11 Å². The van der Waals surface area contributed by atoms with Crippen molar-refractivity contribution in [3.8, 4) is 11.5 Å². The SMILES string of the molecule is COc1ccc(NC(=O)C(c2ccccc2O)N(C)C(=O)C(CCC(N)=O)NC(=O)OC(C)(C)C)cc1. The van der Waals surface area contributed by atoms with Gasteiger partial charge in [-0.15, -0.1) is 0 Å². The van der Waals surface area contributed by atoms with Crippen LogP contribution in [0.25, 0.3) is 0 Å². The highest BCUT2D eigenvalue weighted by Crippen LogP contribution is 2.30. The van der Waals surface area contributed by atoms with Crippen LogP contribution in [0.5, 0.6) is 11.5 Å². The first kappa shape index (κ1) is 29.0. The number of nitrogens with zero attached hydrogens (tertiary/aromatic N) is 1. The Bertz CT molecular complexity index is 1110. The minimum absolute atomic E-state index is 0.120. The summed E-state index contributed by atoms with van der Waals surface area (Å²) in [5, 5.41) is 15.7. The van der Waals surface area contributed by atoms with E-state index >= 15 is 0 Å². The van der Waals surface area contributed by atoms with Gasteiger partial charge in [-0.3, -0.25) is 14.4 Å². The molecule has 2 unspecified atom stereocenters. The molecule has 11 heteroatoms. The highest BCUT2D eigenvalue weighted by molar-refractivity contribution is 5.99. The summed E-state index contributed by atoms with van der Waals surface area (Å²) in [5.74, 6) is -1.58. The van der Waals surface area contributed by atoms with E-state index in [1.165, 1.54) is 26.3 Å². The van der Waals surface area contributed by atoms with Crippen molar-refractivity contribution in [3.05, 3.63) is 54.1 Å². The van der Waals surface area contributed by atoms with Gasteiger partial charge in [-0.05, 0) is 57.5 Å². The van der Waals surface area contributed by atoms with Gasteiger partial charge in [-0.2, -0.15) is 0 Å². The minimum Gasteiger partial charge on any atom is -0.508 e. The number of ether oxygens (including phenoxy) is 2. The van der Waals surface area contributed by atoms with Crippen LogP contribution >= 0.6 is 0 Å². The molecule has 0 spiro atoms. The molecule has 4 amide bonds. The molecule has 0 aromatic heterocycles. The lowest BCUT2D eigenvalue weighted by Crippen LogP contribution is -2.51. The number of alkyl carbamates (subject to hydrolysis) is 1. The number of amides is 4. The zero-order valence-corrected chi connectivity index (χ0v) is 21.6. The Morgan fingerprint density at radius 1 is 1.05 bits per heavy atom. The lowest BCUT2D eigenvalue weighted by atomic mass is 10.0. The molecular weight excluding hydrogens is 480 g/mol. The molecule has 2 aromatic rings. The maximum atomic E-state index is 13.5. The van der Waals surface area contributed by atoms with Gasteiger partial charge in [0, 0.05) is 24.7 Å². The predicted molar refractivity (Wildman–Crippen MR) is 137 cm³/mol. The van der Waals surface area contributed by atoms with E-state index in [1.807, 2.05) is 0 Å². The Labute approximate surface area is 215 Å². The molecule has 0 aliphatic heterocycles. The number of phenolic OH excluding ortho intramolecular Hbond substituents is 1. The van der Waals surface area contributed by atoms with Crippen molar-refractivity contribution in [2.45, 2.75) is 51.3 Å². The Balaban J connectivity index is 2.38. The third kappa shape index (κ3) is 8.71. The van der Waals surface area contributed by atoms with Gasteiger partial charge in [0.15, 0.2) is 0 Å². The number of aromatic hydroxyl groups is 1. The number of hydrogen-bond acceptors (Lipinski definition) is 7. The molecule has 2 atom stereocenters. The second-order valence-corrected chi connectivity index (χ2v) is 9.33. The fourth-order valence-corrected chi connectivity index (χ4v) is 3.50. The van der Waals surface area contributed by atoms with Crippen molar-refractivity contribution in [2.75, 3.05) is 19.5 Å². The summed E-state index contributed by atoms with van der Waals surface area (Å²) < 4.78 is 10.4. The van der Waals surface area contributed by atoms with Crippen molar-refractivity contribution < 1.29 is 33.8 Å². The molecule has 200 valence electrons. The topological polar surface area (TPSA) is 160 Å². The number of para-hydroxylation sites is 1.